The molecule has 0 aliphatic carbocycles. The van der Waals surface area contributed by atoms with E-state index in [1.807, 2.05) is 24.3 Å². The van der Waals surface area contributed by atoms with E-state index >= 15 is 0 Å². The van der Waals surface area contributed by atoms with Gasteiger partial charge in [-0.05, 0) is 44.4 Å². The molecule has 0 amide bonds. The maximum Gasteiger partial charge on any atom is 0.266 e. The second kappa shape index (κ2) is 6.47. The van der Waals surface area contributed by atoms with E-state index in [4.69, 9.17) is 11.6 Å². The maximum absolute atomic E-state index is 12.0. The van der Waals surface area contributed by atoms with Gasteiger partial charge in [-0.1, -0.05) is 17.7 Å². The molecule has 0 saturated carbocycles. The molecule has 3 rings (SSSR count). The molecule has 0 bridgehead atoms. The Morgan fingerprint density at radius 2 is 1.91 bits per heavy atom. The molecule has 0 atom stereocenters. The van der Waals surface area contributed by atoms with Gasteiger partial charge in [0.2, 0.25) is 0 Å². The van der Waals surface area contributed by atoms with Crippen LogP contribution in [0.5, 0.6) is 0 Å². The van der Waals surface area contributed by atoms with E-state index in [0.717, 1.165) is 24.3 Å². The number of hydrogen-bond acceptors (Lipinski definition) is 3. The molecule has 2 heterocycles. The molecule has 1 aromatic heterocycles. The standard InChI is InChI=1S/C18H18ClN3O/c1-12-9-15(16(11-20)18(23)21-12)14-6-5-13(10-17(14)19)22-7-3-2-4-8-22/h5-6,9-10H,2-4,7-8H2,1H3,(H,21,23). The van der Waals surface area contributed by atoms with Crippen molar-refractivity contribution in [3.63, 3.8) is 0 Å². The quantitative estimate of drug-likeness (QED) is 0.911. The van der Waals surface area contributed by atoms with Gasteiger partial charge >= 0.3 is 0 Å². The number of nitriles is 1. The highest BCUT2D eigenvalue weighted by atomic mass is 35.5. The molecule has 1 fully saturated rings. The Morgan fingerprint density at radius 1 is 1.17 bits per heavy atom. The lowest BCUT2D eigenvalue weighted by atomic mass is 10.00. The van der Waals surface area contributed by atoms with Crippen LogP contribution >= 0.6 is 11.6 Å². The number of nitrogens with one attached hydrogen (secondary N) is 1. The van der Waals surface area contributed by atoms with Crippen LogP contribution in [0.3, 0.4) is 0 Å². The molecule has 0 unspecified atom stereocenters. The SMILES string of the molecule is Cc1cc(-c2ccc(N3CCCCC3)cc2Cl)c(C#N)c(=O)[nH]1. The van der Waals surface area contributed by atoms with E-state index in [0.29, 0.717) is 16.3 Å². The van der Waals surface area contributed by atoms with Crippen LogP contribution in [-0.4, -0.2) is 18.1 Å². The van der Waals surface area contributed by atoms with Gasteiger partial charge in [0.05, 0.1) is 5.02 Å². The van der Waals surface area contributed by atoms with Crippen LogP contribution in [0.2, 0.25) is 5.02 Å². The summed E-state index contributed by atoms with van der Waals surface area (Å²) in [4.78, 5) is 16.9. The lowest BCUT2D eigenvalue weighted by Gasteiger charge is -2.29. The Bertz CT molecular complexity index is 829. The molecular weight excluding hydrogens is 310 g/mol. The summed E-state index contributed by atoms with van der Waals surface area (Å²) in [7, 11) is 0. The Kier molecular flexibility index (Phi) is 4.40. The van der Waals surface area contributed by atoms with Gasteiger partial charge in [0.25, 0.3) is 5.56 Å². The molecule has 23 heavy (non-hydrogen) atoms. The number of piperidine rings is 1. The molecule has 0 spiro atoms. The fourth-order valence-electron chi connectivity index (χ4n) is 3.08. The van der Waals surface area contributed by atoms with Crippen molar-refractivity contribution in [2.45, 2.75) is 26.2 Å². The van der Waals surface area contributed by atoms with Crippen LogP contribution in [0.15, 0.2) is 29.1 Å². The maximum atomic E-state index is 12.0. The number of rotatable bonds is 2. The van der Waals surface area contributed by atoms with Gasteiger partial charge in [-0.3, -0.25) is 4.79 Å². The van der Waals surface area contributed by atoms with Crippen molar-refractivity contribution in [3.05, 3.63) is 50.9 Å². The monoisotopic (exact) mass is 327 g/mol. The zero-order valence-electron chi connectivity index (χ0n) is 13.0. The third kappa shape index (κ3) is 3.11. The smallest absolute Gasteiger partial charge is 0.266 e. The first-order valence-corrected chi connectivity index (χ1v) is 8.17. The minimum atomic E-state index is -0.376. The van der Waals surface area contributed by atoms with Crippen molar-refractivity contribution in [3.8, 4) is 17.2 Å². The summed E-state index contributed by atoms with van der Waals surface area (Å²) < 4.78 is 0. The predicted octanol–water partition coefficient (Wildman–Crippen LogP) is 3.87. The number of aromatic amines is 1. The van der Waals surface area contributed by atoms with Gasteiger partial charge in [-0.15, -0.1) is 0 Å². The first kappa shape index (κ1) is 15.6. The number of benzene rings is 1. The number of anilines is 1. The van der Waals surface area contributed by atoms with Crippen LogP contribution in [0, 0.1) is 18.3 Å². The van der Waals surface area contributed by atoms with Gasteiger partial charge in [0.1, 0.15) is 11.6 Å². The van der Waals surface area contributed by atoms with Gasteiger partial charge in [-0.25, -0.2) is 0 Å². The molecule has 1 aromatic carbocycles. The fourth-order valence-corrected chi connectivity index (χ4v) is 3.36. The van der Waals surface area contributed by atoms with Crippen LogP contribution in [0.25, 0.3) is 11.1 Å². The second-order valence-corrected chi connectivity index (χ2v) is 6.30. The highest BCUT2D eigenvalue weighted by molar-refractivity contribution is 6.33. The molecule has 0 radical (unpaired) electrons. The average Bonchev–Trinajstić information content (AvgIpc) is 2.55. The average molecular weight is 328 g/mol. The molecule has 5 heteroatoms. The minimum absolute atomic E-state index is 0.100. The normalized spacial score (nSPS) is 14.6. The Hall–Kier alpha value is -2.25. The molecule has 4 nitrogen and oxygen atoms in total. The molecule has 1 aliphatic heterocycles. The third-order valence-electron chi connectivity index (χ3n) is 4.24. The second-order valence-electron chi connectivity index (χ2n) is 5.89. The van der Waals surface area contributed by atoms with E-state index in [9.17, 15) is 10.1 Å². The zero-order chi connectivity index (χ0) is 16.4. The summed E-state index contributed by atoms with van der Waals surface area (Å²) in [5.41, 5.74) is 2.84. The van der Waals surface area contributed by atoms with E-state index in [-0.39, 0.29) is 11.1 Å². The number of halogens is 1. The topological polar surface area (TPSA) is 59.9 Å². The summed E-state index contributed by atoms with van der Waals surface area (Å²) in [6.07, 6.45) is 3.68. The van der Waals surface area contributed by atoms with Crippen LogP contribution in [0.1, 0.15) is 30.5 Å². The molecule has 1 N–H and O–H groups in total. The zero-order valence-corrected chi connectivity index (χ0v) is 13.8. The van der Waals surface area contributed by atoms with Crippen molar-refractivity contribution in [2.24, 2.45) is 0 Å². The largest absolute Gasteiger partial charge is 0.371 e. The van der Waals surface area contributed by atoms with Crippen molar-refractivity contribution >= 4 is 17.3 Å². The first-order chi connectivity index (χ1) is 11.1. The first-order valence-electron chi connectivity index (χ1n) is 7.79. The Labute approximate surface area is 140 Å². The number of aryl methyl sites for hydroxylation is 1. The number of H-pyrrole nitrogens is 1. The van der Waals surface area contributed by atoms with Crippen molar-refractivity contribution in [1.29, 1.82) is 5.26 Å². The van der Waals surface area contributed by atoms with Crippen LogP contribution in [0.4, 0.5) is 5.69 Å². The molecule has 2 aromatic rings. The molecule has 1 aliphatic rings. The van der Waals surface area contributed by atoms with Gasteiger partial charge in [0, 0.05) is 35.6 Å². The summed E-state index contributed by atoms with van der Waals surface area (Å²) >= 11 is 6.47. The minimum Gasteiger partial charge on any atom is -0.371 e. The molecule has 1 saturated heterocycles. The Morgan fingerprint density at radius 3 is 2.57 bits per heavy atom. The molecular formula is C18H18ClN3O. The van der Waals surface area contributed by atoms with Gasteiger partial charge < -0.3 is 9.88 Å². The summed E-state index contributed by atoms with van der Waals surface area (Å²) in [5, 5.41) is 9.84. The highest BCUT2D eigenvalue weighted by Gasteiger charge is 2.16. The van der Waals surface area contributed by atoms with Crippen molar-refractivity contribution in [2.75, 3.05) is 18.0 Å². The van der Waals surface area contributed by atoms with Crippen molar-refractivity contribution in [1.82, 2.24) is 4.98 Å². The lowest BCUT2D eigenvalue weighted by Crippen LogP contribution is -2.29. The molecule has 118 valence electrons. The third-order valence-corrected chi connectivity index (χ3v) is 4.56. The predicted molar refractivity (Wildman–Crippen MR) is 93.0 cm³/mol. The van der Waals surface area contributed by atoms with Crippen LogP contribution in [-0.2, 0) is 0 Å². The summed E-state index contributed by atoms with van der Waals surface area (Å²) in [5.74, 6) is 0. The highest BCUT2D eigenvalue weighted by Crippen LogP contribution is 2.33. The van der Waals surface area contributed by atoms with Gasteiger partial charge in [-0.2, -0.15) is 5.26 Å². The van der Waals surface area contributed by atoms with E-state index in [1.54, 1.807) is 13.0 Å². The van der Waals surface area contributed by atoms with Gasteiger partial charge in [0.15, 0.2) is 0 Å². The fraction of sp³-hybridized carbons (Fsp3) is 0.333. The van der Waals surface area contributed by atoms with E-state index < -0.39 is 0 Å². The van der Waals surface area contributed by atoms with E-state index in [2.05, 4.69) is 9.88 Å². The number of aromatic nitrogens is 1. The number of nitrogens with zero attached hydrogens (tertiary/aromatic N) is 2. The summed E-state index contributed by atoms with van der Waals surface area (Å²) in [6, 6.07) is 9.63. The van der Waals surface area contributed by atoms with Crippen molar-refractivity contribution < 1.29 is 0 Å². The number of pyridine rings is 1. The van der Waals surface area contributed by atoms with Crippen LogP contribution < -0.4 is 10.5 Å². The summed E-state index contributed by atoms with van der Waals surface area (Å²) in [6.45, 7) is 3.88. The Balaban J connectivity index is 2.05. The number of hydrogen-bond donors (Lipinski definition) is 1. The lowest BCUT2D eigenvalue weighted by molar-refractivity contribution is 0.578. The van der Waals surface area contributed by atoms with E-state index in [1.165, 1.54) is 19.3 Å².